The summed E-state index contributed by atoms with van der Waals surface area (Å²) < 4.78 is 4.21. The molecule has 2 aromatic carbocycles. The van der Waals surface area contributed by atoms with Gasteiger partial charge >= 0.3 is 0 Å². The molecule has 2 nitrogen and oxygen atoms in total. The Balaban J connectivity index is 1.57. The van der Waals surface area contributed by atoms with Crippen LogP contribution in [0.15, 0.2) is 40.7 Å². The molecule has 34 heavy (non-hydrogen) atoms. The highest BCUT2D eigenvalue weighted by atomic mass is 32.1. The van der Waals surface area contributed by atoms with Crippen LogP contribution < -0.4 is 5.32 Å². The predicted molar refractivity (Wildman–Crippen MR) is 155 cm³/mol. The second-order valence-electron chi connectivity index (χ2n) is 10.8. The number of hydrogen-bond acceptors (Lipinski definition) is 5. The van der Waals surface area contributed by atoms with E-state index < -0.39 is 0 Å². The maximum absolute atomic E-state index is 5.02. The fraction of sp³-hybridized carbons (Fsp3) is 0.345. The summed E-state index contributed by atoms with van der Waals surface area (Å²) in [5.74, 6) is 0.670. The van der Waals surface area contributed by atoms with Gasteiger partial charge in [0.05, 0.1) is 16.3 Å². The van der Waals surface area contributed by atoms with Gasteiger partial charge in [-0.05, 0) is 76.9 Å². The minimum Gasteiger partial charge on any atom is -0.365 e. The van der Waals surface area contributed by atoms with Gasteiger partial charge in [0.1, 0.15) is 6.67 Å². The Bertz CT molecular complexity index is 1600. The third kappa shape index (κ3) is 3.43. The quantitative estimate of drug-likeness (QED) is 0.261. The molecule has 0 radical (unpaired) electrons. The Hall–Kier alpha value is -2.21. The van der Waals surface area contributed by atoms with E-state index >= 15 is 0 Å². The lowest BCUT2D eigenvalue weighted by atomic mass is 9.84. The molecule has 0 bridgehead atoms. The molecule has 1 aliphatic rings. The summed E-state index contributed by atoms with van der Waals surface area (Å²) in [5.41, 5.74) is 6.59. The summed E-state index contributed by atoms with van der Waals surface area (Å²) in [5, 5.41) is 9.93. The molecule has 1 N–H and O–H groups in total. The van der Waals surface area contributed by atoms with E-state index in [1.54, 1.807) is 0 Å². The van der Waals surface area contributed by atoms with Gasteiger partial charge in [-0.2, -0.15) is 0 Å². The molecule has 0 amide bonds. The lowest BCUT2D eigenvalue weighted by molar-refractivity contribution is 0.596. The topological polar surface area (TPSA) is 24.4 Å². The fourth-order valence-electron chi connectivity index (χ4n) is 5.11. The predicted octanol–water partition coefficient (Wildman–Crippen LogP) is 9.36. The number of anilines is 1. The highest BCUT2D eigenvalue weighted by Gasteiger charge is 2.26. The zero-order valence-electron chi connectivity index (χ0n) is 20.6. The van der Waals surface area contributed by atoms with Gasteiger partial charge < -0.3 is 5.32 Å². The molecule has 0 fully saturated rings. The molecule has 0 unspecified atom stereocenters. The van der Waals surface area contributed by atoms with Gasteiger partial charge in [0.15, 0.2) is 0 Å². The summed E-state index contributed by atoms with van der Waals surface area (Å²) in [6.07, 6.45) is 1.15. The number of aryl methyl sites for hydroxylation is 1. The SMILES string of the molecule is Cc1c(CC(C)C)sc2ccc3c4c(sc3c12)C(c1cc(C(C)(C)C)c2sccc2c1)=NCN4. The van der Waals surface area contributed by atoms with Crippen molar-refractivity contribution in [2.45, 2.75) is 53.4 Å². The van der Waals surface area contributed by atoms with Crippen LogP contribution in [0.4, 0.5) is 5.69 Å². The number of hydrogen-bond donors (Lipinski definition) is 1. The zero-order valence-corrected chi connectivity index (χ0v) is 23.1. The molecule has 0 spiro atoms. The molecule has 5 aromatic rings. The third-order valence-corrected chi connectivity index (χ3v) is 10.3. The van der Waals surface area contributed by atoms with E-state index in [4.69, 9.17) is 4.99 Å². The first-order chi connectivity index (χ1) is 16.2. The van der Waals surface area contributed by atoms with Crippen molar-refractivity contribution < 1.29 is 0 Å². The van der Waals surface area contributed by atoms with Gasteiger partial charge in [0.25, 0.3) is 0 Å². The van der Waals surface area contributed by atoms with Crippen molar-refractivity contribution in [1.29, 1.82) is 0 Å². The first-order valence-electron chi connectivity index (χ1n) is 12.0. The second kappa shape index (κ2) is 7.91. The van der Waals surface area contributed by atoms with E-state index in [-0.39, 0.29) is 5.41 Å². The van der Waals surface area contributed by atoms with E-state index in [1.165, 1.54) is 62.4 Å². The summed E-state index contributed by atoms with van der Waals surface area (Å²) in [4.78, 5) is 7.83. The lowest BCUT2D eigenvalue weighted by Gasteiger charge is -2.22. The Kier molecular flexibility index (Phi) is 5.18. The van der Waals surface area contributed by atoms with Gasteiger partial charge in [-0.3, -0.25) is 4.99 Å². The van der Waals surface area contributed by atoms with Crippen LogP contribution in [0.25, 0.3) is 30.3 Å². The molecular formula is C29H30N2S3. The van der Waals surface area contributed by atoms with Crippen LogP contribution in [0, 0.1) is 12.8 Å². The van der Waals surface area contributed by atoms with Gasteiger partial charge in [0.2, 0.25) is 0 Å². The number of nitrogens with zero attached hydrogens (tertiary/aromatic N) is 1. The van der Waals surface area contributed by atoms with Crippen molar-refractivity contribution in [2.75, 3.05) is 12.0 Å². The van der Waals surface area contributed by atoms with Crippen LogP contribution in [0.5, 0.6) is 0 Å². The van der Waals surface area contributed by atoms with E-state index in [9.17, 15) is 0 Å². The highest BCUT2D eigenvalue weighted by Crippen LogP contribution is 2.46. The monoisotopic (exact) mass is 502 g/mol. The first-order valence-corrected chi connectivity index (χ1v) is 14.5. The van der Waals surface area contributed by atoms with Crippen LogP contribution >= 0.6 is 34.0 Å². The summed E-state index contributed by atoms with van der Waals surface area (Å²) in [7, 11) is 0. The van der Waals surface area contributed by atoms with Crippen molar-refractivity contribution in [3.8, 4) is 0 Å². The van der Waals surface area contributed by atoms with Crippen LogP contribution in [0.2, 0.25) is 0 Å². The van der Waals surface area contributed by atoms with Gasteiger partial charge in [0, 0.05) is 35.3 Å². The van der Waals surface area contributed by atoms with E-state index in [2.05, 4.69) is 82.6 Å². The number of aliphatic imine (C=N–C) groups is 1. The first kappa shape index (κ1) is 22.3. The average Bonchev–Trinajstić information content (AvgIpc) is 3.47. The zero-order chi connectivity index (χ0) is 23.8. The Morgan fingerprint density at radius 2 is 1.88 bits per heavy atom. The van der Waals surface area contributed by atoms with Crippen molar-refractivity contribution in [3.05, 3.63) is 62.2 Å². The highest BCUT2D eigenvalue weighted by molar-refractivity contribution is 7.24. The smallest absolute Gasteiger partial charge is 0.108 e. The lowest BCUT2D eigenvalue weighted by Crippen LogP contribution is -2.16. The molecule has 5 heteroatoms. The Morgan fingerprint density at radius 3 is 2.65 bits per heavy atom. The Morgan fingerprint density at radius 1 is 1.06 bits per heavy atom. The molecule has 4 heterocycles. The van der Waals surface area contributed by atoms with E-state index in [1.807, 2.05) is 34.0 Å². The van der Waals surface area contributed by atoms with Crippen LogP contribution in [0.3, 0.4) is 0 Å². The minimum atomic E-state index is 0.0857. The molecule has 0 aliphatic carbocycles. The number of nitrogens with one attached hydrogen (secondary N) is 1. The van der Waals surface area contributed by atoms with Gasteiger partial charge in [-0.15, -0.1) is 34.0 Å². The van der Waals surface area contributed by atoms with E-state index in [0.717, 1.165) is 12.1 Å². The summed E-state index contributed by atoms with van der Waals surface area (Å²) in [6, 6.07) is 11.6. The largest absolute Gasteiger partial charge is 0.365 e. The Labute approximate surface area is 213 Å². The fourth-order valence-corrected chi connectivity index (χ4v) is 9.12. The van der Waals surface area contributed by atoms with Gasteiger partial charge in [-0.25, -0.2) is 0 Å². The van der Waals surface area contributed by atoms with Crippen LogP contribution in [-0.4, -0.2) is 12.4 Å². The van der Waals surface area contributed by atoms with Crippen molar-refractivity contribution >= 4 is 75.7 Å². The third-order valence-electron chi connectivity index (χ3n) is 6.78. The maximum atomic E-state index is 5.02. The summed E-state index contributed by atoms with van der Waals surface area (Å²) >= 11 is 5.74. The molecule has 6 rings (SSSR count). The number of benzene rings is 2. The molecule has 174 valence electrons. The average molecular weight is 503 g/mol. The standard InChI is InChI=1S/C29H30N2S3/c1-15(2)11-22-16(3)23-21(33-22)8-7-19-25-28(34-27(19)23)24(30-14-31-25)18-12-17-9-10-32-26(17)20(13-18)29(4,5)6/h7-10,12-13,15,31H,11,14H2,1-6H3. The summed E-state index contributed by atoms with van der Waals surface area (Å²) in [6.45, 7) is 14.5. The van der Waals surface area contributed by atoms with Gasteiger partial charge in [-0.1, -0.05) is 34.6 Å². The maximum Gasteiger partial charge on any atom is 0.108 e. The normalized spacial score (nSPS) is 14.3. The number of thiophene rings is 3. The number of fused-ring (bicyclic) bond motifs is 6. The molecule has 0 saturated heterocycles. The van der Waals surface area contributed by atoms with Crippen molar-refractivity contribution in [2.24, 2.45) is 10.9 Å². The van der Waals surface area contributed by atoms with Crippen LogP contribution in [0.1, 0.15) is 61.1 Å². The molecule has 0 saturated carbocycles. The molecule has 0 atom stereocenters. The molecular weight excluding hydrogens is 473 g/mol. The molecule has 1 aliphatic heterocycles. The molecule has 3 aromatic heterocycles. The van der Waals surface area contributed by atoms with Crippen molar-refractivity contribution in [1.82, 2.24) is 0 Å². The second-order valence-corrected chi connectivity index (χ2v) is 13.9. The van der Waals surface area contributed by atoms with E-state index in [0.29, 0.717) is 12.6 Å². The van der Waals surface area contributed by atoms with Crippen molar-refractivity contribution in [3.63, 3.8) is 0 Å². The number of rotatable bonds is 3. The minimum absolute atomic E-state index is 0.0857. The van der Waals surface area contributed by atoms with Crippen LogP contribution in [-0.2, 0) is 11.8 Å².